The van der Waals surface area contributed by atoms with Crippen molar-refractivity contribution < 1.29 is 0 Å². The van der Waals surface area contributed by atoms with Crippen LogP contribution in [0.15, 0.2) is 36.4 Å². The summed E-state index contributed by atoms with van der Waals surface area (Å²) in [5.74, 6) is 0.752. The third kappa shape index (κ3) is 3.17. The Morgan fingerprint density at radius 1 is 1.33 bits per heavy atom. The van der Waals surface area contributed by atoms with Crippen molar-refractivity contribution in [1.82, 2.24) is 4.98 Å². The first kappa shape index (κ1) is 13.2. The first-order chi connectivity index (χ1) is 8.56. The minimum atomic E-state index is 0.381. The number of aromatic nitrogens is 1. The van der Waals surface area contributed by atoms with Gasteiger partial charge in [0.2, 0.25) is 0 Å². The molecule has 0 amide bonds. The van der Waals surface area contributed by atoms with Crippen LogP contribution in [0.4, 0.5) is 11.5 Å². The summed E-state index contributed by atoms with van der Waals surface area (Å²) >= 11 is 7.27. The van der Waals surface area contributed by atoms with E-state index in [1.54, 1.807) is 0 Å². The van der Waals surface area contributed by atoms with Gasteiger partial charge in [-0.2, -0.15) is 0 Å². The van der Waals surface area contributed by atoms with Crippen LogP contribution in [0.2, 0.25) is 0 Å². The molecule has 1 aromatic carbocycles. The third-order valence-corrected chi connectivity index (χ3v) is 3.55. The van der Waals surface area contributed by atoms with E-state index in [-0.39, 0.29) is 0 Å². The Morgan fingerprint density at radius 2 is 2.06 bits per heavy atom. The van der Waals surface area contributed by atoms with Crippen molar-refractivity contribution in [2.45, 2.75) is 6.92 Å². The molecule has 0 aliphatic heterocycles. The molecule has 0 saturated heterocycles. The minimum absolute atomic E-state index is 0.381. The van der Waals surface area contributed by atoms with Crippen LogP contribution >= 0.6 is 34.8 Å². The molecule has 0 atom stereocenters. The van der Waals surface area contributed by atoms with Crippen LogP contribution in [-0.4, -0.2) is 9.97 Å². The van der Waals surface area contributed by atoms with Crippen LogP contribution < -0.4 is 11.1 Å². The van der Waals surface area contributed by atoms with E-state index in [1.165, 1.54) is 0 Å². The molecular weight excluding hydrogens is 357 g/mol. The zero-order valence-corrected chi connectivity index (χ0v) is 12.7. The Kier molecular flexibility index (Phi) is 4.13. The number of para-hydroxylation sites is 1. The van der Waals surface area contributed by atoms with Gasteiger partial charge in [0, 0.05) is 14.8 Å². The summed E-state index contributed by atoms with van der Waals surface area (Å²) < 4.78 is 1.13. The van der Waals surface area contributed by atoms with Gasteiger partial charge < -0.3 is 11.1 Å². The van der Waals surface area contributed by atoms with Crippen LogP contribution in [0, 0.1) is 10.5 Å². The fourth-order valence-corrected chi connectivity index (χ4v) is 2.22. The molecule has 5 heteroatoms. The van der Waals surface area contributed by atoms with Crippen LogP contribution in [0.5, 0.6) is 0 Å². The predicted molar refractivity (Wildman–Crippen MR) is 87.3 cm³/mol. The first-order valence-corrected chi connectivity index (χ1v) is 6.85. The molecule has 2 rings (SSSR count). The Hall–Kier alpha value is -1.21. The van der Waals surface area contributed by atoms with E-state index in [0.29, 0.717) is 4.99 Å². The standard InChI is InChI=1S/C13H12IN3S/c1-8-6-9(13(15)18)7-12(16-8)17-11-5-3-2-4-10(11)14/h2-7H,1H3,(H2,15,18)(H,16,17). The van der Waals surface area contributed by atoms with Crippen molar-refractivity contribution in [3.8, 4) is 0 Å². The van der Waals surface area contributed by atoms with Gasteiger partial charge in [0.1, 0.15) is 10.8 Å². The lowest BCUT2D eigenvalue weighted by Gasteiger charge is -2.10. The molecule has 0 saturated carbocycles. The number of benzene rings is 1. The molecule has 0 spiro atoms. The molecule has 3 nitrogen and oxygen atoms in total. The molecule has 18 heavy (non-hydrogen) atoms. The second-order valence-corrected chi connectivity index (χ2v) is 5.45. The molecule has 2 aromatic rings. The highest BCUT2D eigenvalue weighted by molar-refractivity contribution is 14.1. The highest BCUT2D eigenvalue weighted by Gasteiger charge is 2.04. The van der Waals surface area contributed by atoms with Crippen LogP contribution in [-0.2, 0) is 0 Å². The Bertz CT molecular complexity index is 599. The highest BCUT2D eigenvalue weighted by atomic mass is 127. The van der Waals surface area contributed by atoms with E-state index in [2.05, 4.69) is 32.9 Å². The predicted octanol–water partition coefficient (Wildman–Crippen LogP) is 3.37. The number of aryl methyl sites for hydroxylation is 1. The van der Waals surface area contributed by atoms with Crippen molar-refractivity contribution in [3.63, 3.8) is 0 Å². The maximum Gasteiger partial charge on any atom is 0.131 e. The minimum Gasteiger partial charge on any atom is -0.389 e. The van der Waals surface area contributed by atoms with Gasteiger partial charge in [0.05, 0.1) is 5.69 Å². The fourth-order valence-electron chi connectivity index (χ4n) is 1.58. The van der Waals surface area contributed by atoms with Crippen molar-refractivity contribution >= 4 is 51.3 Å². The molecule has 1 heterocycles. The summed E-state index contributed by atoms with van der Waals surface area (Å²) in [7, 11) is 0. The van der Waals surface area contributed by atoms with Gasteiger partial charge >= 0.3 is 0 Å². The fraction of sp³-hybridized carbons (Fsp3) is 0.0769. The average molecular weight is 369 g/mol. The van der Waals surface area contributed by atoms with Crippen LogP contribution in [0.3, 0.4) is 0 Å². The van der Waals surface area contributed by atoms with E-state index in [9.17, 15) is 0 Å². The second kappa shape index (κ2) is 5.62. The Morgan fingerprint density at radius 3 is 2.72 bits per heavy atom. The quantitative estimate of drug-likeness (QED) is 0.644. The smallest absolute Gasteiger partial charge is 0.131 e. The number of nitrogens with one attached hydrogen (secondary N) is 1. The molecule has 0 radical (unpaired) electrons. The van der Waals surface area contributed by atoms with Crippen molar-refractivity contribution in [1.29, 1.82) is 0 Å². The zero-order valence-electron chi connectivity index (χ0n) is 9.77. The summed E-state index contributed by atoms with van der Waals surface area (Å²) in [6.45, 7) is 1.92. The summed E-state index contributed by atoms with van der Waals surface area (Å²) in [6.07, 6.45) is 0. The van der Waals surface area contributed by atoms with Gasteiger partial charge in [-0.15, -0.1) is 0 Å². The summed E-state index contributed by atoms with van der Waals surface area (Å²) in [6, 6.07) is 11.8. The summed E-state index contributed by atoms with van der Waals surface area (Å²) in [4.78, 5) is 4.80. The number of hydrogen-bond donors (Lipinski definition) is 2. The molecule has 3 N–H and O–H groups in total. The van der Waals surface area contributed by atoms with Gasteiger partial charge in [-0.1, -0.05) is 24.4 Å². The van der Waals surface area contributed by atoms with Crippen LogP contribution in [0.1, 0.15) is 11.3 Å². The molecule has 0 aliphatic rings. The zero-order chi connectivity index (χ0) is 13.1. The van der Waals surface area contributed by atoms with Crippen molar-refractivity contribution in [3.05, 3.63) is 51.2 Å². The number of halogens is 1. The molecule has 1 aromatic heterocycles. The normalized spacial score (nSPS) is 10.1. The number of nitrogens with two attached hydrogens (primary N) is 1. The average Bonchev–Trinajstić information content (AvgIpc) is 2.31. The molecule has 0 unspecified atom stereocenters. The lowest BCUT2D eigenvalue weighted by atomic mass is 10.2. The lowest BCUT2D eigenvalue weighted by molar-refractivity contribution is 1.19. The maximum atomic E-state index is 5.65. The van der Waals surface area contributed by atoms with E-state index in [1.807, 2.05) is 43.3 Å². The van der Waals surface area contributed by atoms with Gasteiger partial charge in [-0.3, -0.25) is 0 Å². The number of rotatable bonds is 3. The van der Waals surface area contributed by atoms with Crippen molar-refractivity contribution in [2.75, 3.05) is 5.32 Å². The van der Waals surface area contributed by atoms with E-state index < -0.39 is 0 Å². The van der Waals surface area contributed by atoms with Gasteiger partial charge in [-0.25, -0.2) is 4.98 Å². The van der Waals surface area contributed by atoms with E-state index in [4.69, 9.17) is 18.0 Å². The number of nitrogens with zero attached hydrogens (tertiary/aromatic N) is 1. The molecule has 92 valence electrons. The van der Waals surface area contributed by atoms with Gasteiger partial charge in [0.25, 0.3) is 0 Å². The largest absolute Gasteiger partial charge is 0.389 e. The number of thiocarbonyl (C=S) groups is 1. The lowest BCUT2D eigenvalue weighted by Crippen LogP contribution is -2.10. The summed E-state index contributed by atoms with van der Waals surface area (Å²) in [5.41, 5.74) is 8.38. The van der Waals surface area contributed by atoms with Gasteiger partial charge in [0.15, 0.2) is 0 Å². The molecule has 0 fully saturated rings. The van der Waals surface area contributed by atoms with E-state index >= 15 is 0 Å². The molecular formula is C13H12IN3S. The topological polar surface area (TPSA) is 50.9 Å². The van der Waals surface area contributed by atoms with Crippen molar-refractivity contribution in [2.24, 2.45) is 5.73 Å². The second-order valence-electron chi connectivity index (χ2n) is 3.85. The molecule has 0 bridgehead atoms. The SMILES string of the molecule is Cc1cc(C(N)=S)cc(Nc2ccccc2I)n1. The monoisotopic (exact) mass is 369 g/mol. The number of pyridine rings is 1. The Balaban J connectivity index is 2.35. The number of anilines is 2. The highest BCUT2D eigenvalue weighted by Crippen LogP contribution is 2.22. The molecule has 0 aliphatic carbocycles. The van der Waals surface area contributed by atoms with Crippen LogP contribution in [0.25, 0.3) is 0 Å². The van der Waals surface area contributed by atoms with E-state index in [0.717, 1.165) is 26.3 Å². The maximum absolute atomic E-state index is 5.65. The third-order valence-electron chi connectivity index (χ3n) is 2.37. The Labute approximate surface area is 125 Å². The first-order valence-electron chi connectivity index (χ1n) is 5.36. The summed E-state index contributed by atoms with van der Waals surface area (Å²) in [5, 5.41) is 3.27. The number of hydrogen-bond acceptors (Lipinski definition) is 3. The van der Waals surface area contributed by atoms with Gasteiger partial charge in [-0.05, 0) is 53.8 Å².